The normalized spacial score (nSPS) is 18.1. The standard InChI is InChI=1S/C21H21N5O4S/c27-19(26-11-9-25(10-12-26)18-7-3-4-8-22-18)14-31-21-24-23-20(30-21)17-13-28-15-5-1-2-6-16(15)29-17/h1-8,17H,9-14H2. The average Bonchev–Trinajstić information content (AvgIpc) is 3.32. The van der Waals surface area contributed by atoms with Crippen molar-refractivity contribution in [2.75, 3.05) is 43.4 Å². The van der Waals surface area contributed by atoms with E-state index in [0.717, 1.165) is 18.9 Å². The summed E-state index contributed by atoms with van der Waals surface area (Å²) in [5.41, 5.74) is 0. The Balaban J connectivity index is 1.11. The fourth-order valence-corrected chi connectivity index (χ4v) is 4.16. The Morgan fingerprint density at radius 1 is 1.03 bits per heavy atom. The molecule has 1 amide bonds. The number of para-hydroxylation sites is 2. The Morgan fingerprint density at radius 3 is 2.65 bits per heavy atom. The lowest BCUT2D eigenvalue weighted by atomic mass is 10.2. The molecule has 0 spiro atoms. The van der Waals surface area contributed by atoms with Crippen LogP contribution in [0.3, 0.4) is 0 Å². The van der Waals surface area contributed by atoms with Gasteiger partial charge >= 0.3 is 0 Å². The van der Waals surface area contributed by atoms with Crippen molar-refractivity contribution in [1.82, 2.24) is 20.1 Å². The van der Waals surface area contributed by atoms with Crippen molar-refractivity contribution in [3.8, 4) is 11.5 Å². The van der Waals surface area contributed by atoms with Gasteiger partial charge in [0.15, 0.2) is 11.5 Å². The van der Waals surface area contributed by atoms with Gasteiger partial charge < -0.3 is 23.7 Å². The quantitative estimate of drug-likeness (QED) is 0.556. The molecule has 2 aromatic heterocycles. The molecule has 0 radical (unpaired) electrons. The molecule has 0 bridgehead atoms. The highest BCUT2D eigenvalue weighted by Crippen LogP contribution is 2.35. The maximum absolute atomic E-state index is 12.6. The monoisotopic (exact) mass is 439 g/mol. The zero-order chi connectivity index (χ0) is 21.0. The summed E-state index contributed by atoms with van der Waals surface area (Å²) in [5, 5.41) is 8.45. The second-order valence-electron chi connectivity index (χ2n) is 7.11. The molecule has 0 aliphatic carbocycles. The topological polar surface area (TPSA) is 93.8 Å². The number of carbonyl (C=O) groups excluding carboxylic acids is 1. The van der Waals surface area contributed by atoms with Crippen molar-refractivity contribution in [2.24, 2.45) is 0 Å². The van der Waals surface area contributed by atoms with Gasteiger partial charge in [0.2, 0.25) is 12.0 Å². The third-order valence-electron chi connectivity index (χ3n) is 5.13. The van der Waals surface area contributed by atoms with Crippen LogP contribution in [-0.2, 0) is 4.79 Å². The van der Waals surface area contributed by atoms with Gasteiger partial charge in [-0.2, -0.15) is 0 Å². The summed E-state index contributed by atoms with van der Waals surface area (Å²) in [7, 11) is 0. The van der Waals surface area contributed by atoms with Crippen molar-refractivity contribution in [3.05, 3.63) is 54.6 Å². The van der Waals surface area contributed by atoms with E-state index in [1.165, 1.54) is 11.8 Å². The molecule has 1 fully saturated rings. The minimum Gasteiger partial charge on any atom is -0.485 e. The van der Waals surface area contributed by atoms with Crippen LogP contribution in [0, 0.1) is 0 Å². The van der Waals surface area contributed by atoms with E-state index in [1.54, 1.807) is 6.20 Å². The molecule has 31 heavy (non-hydrogen) atoms. The summed E-state index contributed by atoms with van der Waals surface area (Å²) in [5.74, 6) is 2.92. The minimum atomic E-state index is -0.466. The molecule has 10 heteroatoms. The number of ether oxygens (including phenoxy) is 2. The number of amides is 1. The molecule has 9 nitrogen and oxygen atoms in total. The molecular formula is C21H21N5O4S. The molecule has 3 aromatic rings. The number of aromatic nitrogens is 3. The summed E-state index contributed by atoms with van der Waals surface area (Å²) in [4.78, 5) is 21.0. The molecule has 1 atom stereocenters. The van der Waals surface area contributed by atoms with E-state index >= 15 is 0 Å². The van der Waals surface area contributed by atoms with E-state index in [2.05, 4.69) is 20.1 Å². The van der Waals surface area contributed by atoms with Gasteiger partial charge in [-0.1, -0.05) is 30.0 Å². The Morgan fingerprint density at radius 2 is 1.84 bits per heavy atom. The summed E-state index contributed by atoms with van der Waals surface area (Å²) < 4.78 is 17.3. The number of rotatable bonds is 5. The Labute approximate surface area is 183 Å². The largest absolute Gasteiger partial charge is 0.485 e. The molecule has 0 N–H and O–H groups in total. The highest BCUT2D eigenvalue weighted by molar-refractivity contribution is 7.99. The Bertz CT molecular complexity index is 1040. The van der Waals surface area contributed by atoms with E-state index in [-0.39, 0.29) is 11.7 Å². The highest BCUT2D eigenvalue weighted by Gasteiger charge is 2.28. The van der Waals surface area contributed by atoms with Gasteiger partial charge in [0, 0.05) is 32.4 Å². The molecule has 0 saturated carbocycles. The lowest BCUT2D eigenvalue weighted by molar-refractivity contribution is -0.128. The van der Waals surface area contributed by atoms with Crippen LogP contribution >= 0.6 is 11.8 Å². The number of hydrogen-bond donors (Lipinski definition) is 0. The van der Waals surface area contributed by atoms with Crippen LogP contribution in [0.25, 0.3) is 0 Å². The predicted molar refractivity (Wildman–Crippen MR) is 113 cm³/mol. The van der Waals surface area contributed by atoms with Gasteiger partial charge in [-0.25, -0.2) is 4.98 Å². The van der Waals surface area contributed by atoms with Crippen LogP contribution in [-0.4, -0.2) is 64.5 Å². The first kappa shape index (κ1) is 19.7. The number of fused-ring (bicyclic) bond motifs is 1. The van der Waals surface area contributed by atoms with E-state index in [4.69, 9.17) is 13.9 Å². The van der Waals surface area contributed by atoms with Gasteiger partial charge in [0.1, 0.15) is 12.4 Å². The van der Waals surface area contributed by atoms with Gasteiger partial charge in [-0.3, -0.25) is 4.79 Å². The van der Waals surface area contributed by atoms with Crippen molar-refractivity contribution >= 4 is 23.5 Å². The molecule has 2 aliphatic heterocycles. The summed E-state index contributed by atoms with van der Waals surface area (Å²) in [6.45, 7) is 3.15. The minimum absolute atomic E-state index is 0.0524. The third-order valence-corrected chi connectivity index (χ3v) is 5.93. The number of nitrogens with zero attached hydrogens (tertiary/aromatic N) is 5. The molecule has 1 saturated heterocycles. The van der Waals surface area contributed by atoms with Gasteiger partial charge in [0.25, 0.3) is 11.1 Å². The van der Waals surface area contributed by atoms with Crippen LogP contribution in [0.2, 0.25) is 0 Å². The molecule has 1 unspecified atom stereocenters. The number of carbonyl (C=O) groups is 1. The van der Waals surface area contributed by atoms with Crippen LogP contribution in [0.5, 0.6) is 11.5 Å². The average molecular weight is 439 g/mol. The molecule has 4 heterocycles. The van der Waals surface area contributed by atoms with Crippen LogP contribution in [0.15, 0.2) is 58.3 Å². The maximum atomic E-state index is 12.6. The van der Waals surface area contributed by atoms with Crippen molar-refractivity contribution in [2.45, 2.75) is 11.3 Å². The van der Waals surface area contributed by atoms with Gasteiger partial charge in [0.05, 0.1) is 5.75 Å². The predicted octanol–water partition coefficient (Wildman–Crippen LogP) is 2.42. The first-order valence-electron chi connectivity index (χ1n) is 10.0. The fraction of sp³-hybridized carbons (Fsp3) is 0.333. The van der Waals surface area contributed by atoms with Gasteiger partial charge in [-0.05, 0) is 24.3 Å². The second-order valence-corrected chi connectivity index (χ2v) is 8.04. The zero-order valence-corrected chi connectivity index (χ0v) is 17.5. The molecule has 2 aliphatic rings. The van der Waals surface area contributed by atoms with Crippen molar-refractivity contribution < 1.29 is 18.7 Å². The molecule has 1 aromatic carbocycles. The zero-order valence-electron chi connectivity index (χ0n) is 16.7. The second kappa shape index (κ2) is 8.84. The van der Waals surface area contributed by atoms with E-state index in [1.807, 2.05) is 47.4 Å². The molecule has 160 valence electrons. The number of anilines is 1. The summed E-state index contributed by atoms with van der Waals surface area (Å²) in [6, 6.07) is 13.3. The van der Waals surface area contributed by atoms with E-state index in [0.29, 0.717) is 42.3 Å². The first-order chi connectivity index (χ1) is 15.3. The number of pyridine rings is 1. The van der Waals surface area contributed by atoms with Crippen molar-refractivity contribution in [3.63, 3.8) is 0 Å². The smallest absolute Gasteiger partial charge is 0.277 e. The third kappa shape index (κ3) is 4.43. The summed E-state index contributed by atoms with van der Waals surface area (Å²) in [6.07, 6.45) is 1.32. The Kier molecular flexibility index (Phi) is 5.61. The molecule has 5 rings (SSSR count). The number of thioether (sulfide) groups is 1. The number of benzene rings is 1. The van der Waals surface area contributed by atoms with E-state index < -0.39 is 6.10 Å². The number of piperazine rings is 1. The highest BCUT2D eigenvalue weighted by atomic mass is 32.2. The lowest BCUT2D eigenvalue weighted by Gasteiger charge is -2.35. The van der Waals surface area contributed by atoms with Crippen LogP contribution in [0.1, 0.15) is 12.0 Å². The van der Waals surface area contributed by atoms with Crippen LogP contribution in [0.4, 0.5) is 5.82 Å². The number of hydrogen-bond acceptors (Lipinski definition) is 9. The van der Waals surface area contributed by atoms with Crippen molar-refractivity contribution in [1.29, 1.82) is 0 Å². The fourth-order valence-electron chi connectivity index (χ4n) is 3.49. The SMILES string of the molecule is O=C(CSc1nnc(C2COc3ccccc3O2)o1)N1CCN(c2ccccn2)CC1. The maximum Gasteiger partial charge on any atom is 0.277 e. The van der Waals surface area contributed by atoms with Crippen LogP contribution < -0.4 is 14.4 Å². The lowest BCUT2D eigenvalue weighted by Crippen LogP contribution is -2.49. The van der Waals surface area contributed by atoms with E-state index in [9.17, 15) is 4.79 Å². The van der Waals surface area contributed by atoms with Gasteiger partial charge in [-0.15, -0.1) is 10.2 Å². The summed E-state index contributed by atoms with van der Waals surface area (Å²) >= 11 is 1.24. The first-order valence-corrected chi connectivity index (χ1v) is 11.0. The molecular weight excluding hydrogens is 418 g/mol. The Hall–Kier alpha value is -3.27.